The highest BCUT2D eigenvalue weighted by Gasteiger charge is 2.17. The summed E-state index contributed by atoms with van der Waals surface area (Å²) in [6, 6.07) is 14.2. The maximum atomic E-state index is 12.5. The third kappa shape index (κ3) is 6.46. The normalized spacial score (nSPS) is 14.2. The van der Waals surface area contributed by atoms with Gasteiger partial charge < -0.3 is 19.4 Å². The van der Waals surface area contributed by atoms with E-state index in [1.54, 1.807) is 13.2 Å². The number of unbranched alkanes of at least 4 members (excludes halogenated alkanes) is 1. The van der Waals surface area contributed by atoms with Gasteiger partial charge in [-0.3, -0.25) is 9.69 Å². The molecule has 1 amide bonds. The van der Waals surface area contributed by atoms with E-state index in [4.69, 9.17) is 9.15 Å². The first-order valence-electron chi connectivity index (χ1n) is 12.9. The molecule has 0 atom stereocenters. The molecule has 0 bridgehead atoms. The molecule has 0 unspecified atom stereocenters. The van der Waals surface area contributed by atoms with E-state index < -0.39 is 0 Å². The average Bonchev–Trinajstić information content (AvgIpc) is 2.88. The summed E-state index contributed by atoms with van der Waals surface area (Å²) in [4.78, 5) is 29.8. The van der Waals surface area contributed by atoms with Crippen LogP contribution in [0.1, 0.15) is 36.0 Å². The lowest BCUT2D eigenvalue weighted by Crippen LogP contribution is -2.46. The predicted molar refractivity (Wildman–Crippen MR) is 144 cm³/mol. The number of carbonyl (C=O) groups excluding carboxylic acids is 1. The van der Waals surface area contributed by atoms with Gasteiger partial charge in [-0.05, 0) is 75.0 Å². The minimum Gasteiger partial charge on any atom is -0.497 e. The fraction of sp³-hybridized carbons (Fsp3) is 0.448. The van der Waals surface area contributed by atoms with Gasteiger partial charge in [-0.25, -0.2) is 4.79 Å². The van der Waals surface area contributed by atoms with Crippen molar-refractivity contribution >= 4 is 22.6 Å². The van der Waals surface area contributed by atoms with Gasteiger partial charge >= 0.3 is 5.63 Å². The van der Waals surface area contributed by atoms with E-state index in [1.807, 2.05) is 19.1 Å². The molecule has 7 nitrogen and oxygen atoms in total. The molecule has 1 aromatic heterocycles. The molecule has 4 rings (SSSR count). The van der Waals surface area contributed by atoms with E-state index in [0.717, 1.165) is 56.5 Å². The second-order valence-electron chi connectivity index (χ2n) is 9.58. The van der Waals surface area contributed by atoms with E-state index >= 15 is 0 Å². The standard InChI is InChI=1S/C29H37N3O4/c1-21-7-6-8-23(19-21)32-17-15-31(16-18-32)14-5-4-13-30-28(33)12-11-26-22(2)25-10-9-24(35-3)20-27(25)36-29(26)34/h6-10,19-20H,4-5,11-18H2,1-3H3,(H,30,33). The summed E-state index contributed by atoms with van der Waals surface area (Å²) in [5.74, 6) is 0.608. The maximum absolute atomic E-state index is 12.5. The monoisotopic (exact) mass is 491 g/mol. The molecule has 7 heteroatoms. The number of fused-ring (bicyclic) bond motifs is 1. The van der Waals surface area contributed by atoms with Crippen molar-refractivity contribution in [3.63, 3.8) is 0 Å². The summed E-state index contributed by atoms with van der Waals surface area (Å²) in [6.07, 6.45) is 2.64. The Morgan fingerprint density at radius 3 is 2.61 bits per heavy atom. The van der Waals surface area contributed by atoms with Gasteiger partial charge in [0.05, 0.1) is 7.11 Å². The average molecular weight is 492 g/mol. The van der Waals surface area contributed by atoms with E-state index in [9.17, 15) is 9.59 Å². The number of anilines is 1. The predicted octanol–water partition coefficient (Wildman–Crippen LogP) is 4.07. The number of nitrogens with zero attached hydrogens (tertiary/aromatic N) is 2. The molecule has 1 aliphatic rings. The Hall–Kier alpha value is -3.32. The smallest absolute Gasteiger partial charge is 0.339 e. The maximum Gasteiger partial charge on any atom is 0.339 e. The second kappa shape index (κ2) is 12.1. The number of nitrogens with one attached hydrogen (secondary N) is 1. The molecule has 192 valence electrons. The Labute approximate surface area is 213 Å². The minimum absolute atomic E-state index is 0.0320. The highest BCUT2D eigenvalue weighted by molar-refractivity contribution is 5.82. The van der Waals surface area contributed by atoms with Crippen LogP contribution < -0.4 is 20.6 Å². The topological polar surface area (TPSA) is 75.0 Å². The van der Waals surface area contributed by atoms with Crippen molar-refractivity contribution < 1.29 is 13.9 Å². The highest BCUT2D eigenvalue weighted by atomic mass is 16.5. The van der Waals surface area contributed by atoms with E-state index in [1.165, 1.54) is 11.3 Å². The van der Waals surface area contributed by atoms with Crippen LogP contribution in [0, 0.1) is 13.8 Å². The van der Waals surface area contributed by atoms with Gasteiger partial charge in [0.2, 0.25) is 5.91 Å². The molecular weight excluding hydrogens is 454 g/mol. The zero-order valence-corrected chi connectivity index (χ0v) is 21.6. The first-order chi connectivity index (χ1) is 17.4. The number of carbonyl (C=O) groups is 1. The van der Waals surface area contributed by atoms with Crippen molar-refractivity contribution in [1.29, 1.82) is 0 Å². The third-order valence-electron chi connectivity index (χ3n) is 7.06. The number of benzene rings is 2. The minimum atomic E-state index is -0.386. The van der Waals surface area contributed by atoms with Crippen LogP contribution >= 0.6 is 0 Å². The molecule has 2 aromatic carbocycles. The fourth-order valence-corrected chi connectivity index (χ4v) is 4.86. The highest BCUT2D eigenvalue weighted by Crippen LogP contribution is 2.24. The van der Waals surface area contributed by atoms with E-state index in [-0.39, 0.29) is 18.0 Å². The fourth-order valence-electron chi connectivity index (χ4n) is 4.86. The number of ether oxygens (including phenoxy) is 1. The van der Waals surface area contributed by atoms with Crippen LogP contribution in [0.15, 0.2) is 51.7 Å². The lowest BCUT2D eigenvalue weighted by atomic mass is 10.0. The van der Waals surface area contributed by atoms with Crippen molar-refractivity contribution in [3.05, 3.63) is 69.6 Å². The van der Waals surface area contributed by atoms with Gasteiger partial charge in [-0.15, -0.1) is 0 Å². The summed E-state index contributed by atoms with van der Waals surface area (Å²) in [6.45, 7) is 10.00. The lowest BCUT2D eigenvalue weighted by Gasteiger charge is -2.36. The van der Waals surface area contributed by atoms with Gasteiger partial charge in [-0.1, -0.05) is 12.1 Å². The number of hydrogen-bond acceptors (Lipinski definition) is 6. The van der Waals surface area contributed by atoms with Crippen molar-refractivity contribution in [2.45, 2.75) is 39.5 Å². The van der Waals surface area contributed by atoms with Crippen molar-refractivity contribution in [2.24, 2.45) is 0 Å². The summed E-state index contributed by atoms with van der Waals surface area (Å²) in [5.41, 5.74) is 4.15. The van der Waals surface area contributed by atoms with E-state index in [2.05, 4.69) is 46.3 Å². The quantitative estimate of drug-likeness (QED) is 0.340. The zero-order chi connectivity index (χ0) is 25.5. The van der Waals surface area contributed by atoms with Crippen LogP contribution in [0.5, 0.6) is 5.75 Å². The van der Waals surface area contributed by atoms with Crippen LogP contribution in [-0.4, -0.2) is 57.2 Å². The van der Waals surface area contributed by atoms with Gasteiger partial charge in [0.15, 0.2) is 0 Å². The van der Waals surface area contributed by atoms with Crippen LogP contribution in [-0.2, 0) is 11.2 Å². The Balaban J connectivity index is 1.15. The molecule has 2 heterocycles. The van der Waals surface area contributed by atoms with Crippen LogP contribution in [0.3, 0.4) is 0 Å². The van der Waals surface area contributed by atoms with Crippen LogP contribution in [0.2, 0.25) is 0 Å². The molecule has 1 aliphatic heterocycles. The first kappa shape index (κ1) is 25.8. The largest absolute Gasteiger partial charge is 0.497 e. The number of methoxy groups -OCH3 is 1. The molecule has 0 aliphatic carbocycles. The van der Waals surface area contributed by atoms with Crippen molar-refractivity contribution in [3.8, 4) is 5.75 Å². The van der Waals surface area contributed by atoms with Crippen LogP contribution in [0.25, 0.3) is 11.0 Å². The Morgan fingerprint density at radius 1 is 1.06 bits per heavy atom. The Kier molecular flexibility index (Phi) is 8.65. The van der Waals surface area contributed by atoms with Gasteiger partial charge in [0.1, 0.15) is 11.3 Å². The molecule has 0 saturated carbocycles. The summed E-state index contributed by atoms with van der Waals surface area (Å²) >= 11 is 0. The van der Waals surface area contributed by atoms with Crippen LogP contribution in [0.4, 0.5) is 5.69 Å². The number of piperazine rings is 1. The summed E-state index contributed by atoms with van der Waals surface area (Å²) in [5, 5.41) is 3.87. The van der Waals surface area contributed by atoms with Gasteiger partial charge in [-0.2, -0.15) is 0 Å². The van der Waals surface area contributed by atoms with Crippen molar-refractivity contribution in [1.82, 2.24) is 10.2 Å². The Bertz CT molecular complexity index is 1240. The molecule has 1 saturated heterocycles. The third-order valence-corrected chi connectivity index (χ3v) is 7.06. The summed E-state index contributed by atoms with van der Waals surface area (Å²) < 4.78 is 10.7. The zero-order valence-electron chi connectivity index (χ0n) is 21.6. The number of amides is 1. The molecule has 1 fully saturated rings. The van der Waals surface area contributed by atoms with Crippen molar-refractivity contribution in [2.75, 3.05) is 51.3 Å². The molecule has 1 N–H and O–H groups in total. The lowest BCUT2D eigenvalue weighted by molar-refractivity contribution is -0.121. The number of hydrogen-bond donors (Lipinski definition) is 1. The number of rotatable bonds is 10. The Morgan fingerprint density at radius 2 is 1.86 bits per heavy atom. The molecular formula is C29H37N3O4. The molecule has 3 aromatic rings. The molecule has 36 heavy (non-hydrogen) atoms. The van der Waals surface area contributed by atoms with Gasteiger partial charge in [0, 0.05) is 61.8 Å². The van der Waals surface area contributed by atoms with E-state index in [0.29, 0.717) is 29.9 Å². The molecule has 0 radical (unpaired) electrons. The first-order valence-corrected chi connectivity index (χ1v) is 12.9. The van der Waals surface area contributed by atoms with Gasteiger partial charge in [0.25, 0.3) is 0 Å². The number of aryl methyl sites for hydroxylation is 2. The second-order valence-corrected chi connectivity index (χ2v) is 9.58. The SMILES string of the molecule is COc1ccc2c(C)c(CCC(=O)NCCCCN3CCN(c4cccc(C)c4)CC3)c(=O)oc2c1. The molecule has 0 spiro atoms. The summed E-state index contributed by atoms with van der Waals surface area (Å²) in [7, 11) is 1.58.